The first-order chi connectivity index (χ1) is 12.2. The molecule has 1 fully saturated rings. The van der Waals surface area contributed by atoms with Gasteiger partial charge in [-0.1, -0.05) is 12.1 Å². The van der Waals surface area contributed by atoms with Crippen LogP contribution in [0.1, 0.15) is 37.7 Å². The number of nitrogens with two attached hydrogens (primary N) is 1. The number of hydrogen-bond donors (Lipinski definition) is 3. The van der Waals surface area contributed by atoms with Gasteiger partial charge in [0.25, 0.3) is 0 Å². The molecule has 6 heteroatoms. The van der Waals surface area contributed by atoms with Gasteiger partial charge >= 0.3 is 0 Å². The van der Waals surface area contributed by atoms with Gasteiger partial charge in [-0.25, -0.2) is 0 Å². The monoisotopic (exact) mass is 363 g/mol. The van der Waals surface area contributed by atoms with Gasteiger partial charge in [0.2, 0.25) is 0 Å². The van der Waals surface area contributed by atoms with Gasteiger partial charge in [0.15, 0.2) is 0 Å². The molecule has 2 aliphatic rings. The molecule has 0 radical (unpaired) electrons. The minimum Gasteiger partial charge on any atom is -0.660 e. The minimum atomic E-state index is -0.486. The number of thioether (sulfide) groups is 1. The lowest BCUT2D eigenvalue weighted by atomic mass is 9.92. The van der Waals surface area contributed by atoms with Crippen LogP contribution in [0.15, 0.2) is 29.7 Å². The molecule has 25 heavy (non-hydrogen) atoms. The first-order valence-corrected chi connectivity index (χ1v) is 10.2. The maximum Gasteiger partial charge on any atom is 0.118 e. The predicted molar refractivity (Wildman–Crippen MR) is 103 cm³/mol. The van der Waals surface area contributed by atoms with Crippen LogP contribution >= 0.6 is 11.8 Å². The number of nitrogens with one attached hydrogen (secondary N) is 1. The zero-order chi connectivity index (χ0) is 17.5. The molecule has 0 aliphatic carbocycles. The molecule has 1 saturated heterocycles. The van der Waals surface area contributed by atoms with Gasteiger partial charge in [0, 0.05) is 0 Å². The first-order valence-electron chi connectivity index (χ1n) is 9.21. The van der Waals surface area contributed by atoms with Gasteiger partial charge in [-0.15, -0.1) is 17.5 Å². The first kappa shape index (κ1) is 18.6. The minimum absolute atomic E-state index is 0.101. The number of quaternary nitrogens is 1. The molecule has 2 unspecified atom stereocenters. The number of nitrogens with zero attached hydrogens (tertiary/aromatic N) is 1. The van der Waals surface area contributed by atoms with E-state index >= 15 is 0 Å². The Morgan fingerprint density at radius 2 is 2.08 bits per heavy atom. The number of piperidine rings is 1. The Morgan fingerprint density at radius 1 is 1.32 bits per heavy atom. The summed E-state index contributed by atoms with van der Waals surface area (Å²) in [5.74, 6) is 1.70. The van der Waals surface area contributed by atoms with Crippen molar-refractivity contribution in [3.63, 3.8) is 0 Å². The average Bonchev–Trinajstić information content (AvgIpc) is 3.11. The fraction of sp³-hybridized carbons (Fsp3) is 0.579. The Bertz CT molecular complexity index is 558. The highest BCUT2D eigenvalue weighted by molar-refractivity contribution is 8.03. The van der Waals surface area contributed by atoms with Crippen LogP contribution in [0, 0.1) is 5.92 Å². The van der Waals surface area contributed by atoms with Gasteiger partial charge < -0.3 is 20.5 Å². The van der Waals surface area contributed by atoms with Gasteiger partial charge in [0.1, 0.15) is 12.0 Å². The molecule has 138 valence electrons. The van der Waals surface area contributed by atoms with E-state index in [1.807, 2.05) is 29.7 Å². The molecule has 1 aromatic carbocycles. The van der Waals surface area contributed by atoms with Crippen LogP contribution in [0.2, 0.25) is 0 Å². The summed E-state index contributed by atoms with van der Waals surface area (Å²) in [6.07, 6.45) is 5.27. The van der Waals surface area contributed by atoms with Crippen LogP contribution in [0.25, 0.3) is 11.0 Å². The van der Waals surface area contributed by atoms with E-state index in [1.54, 1.807) is 18.9 Å². The molecule has 2 atom stereocenters. The van der Waals surface area contributed by atoms with E-state index in [0.717, 1.165) is 35.8 Å². The maximum absolute atomic E-state index is 10.2. The second-order valence-corrected chi connectivity index (χ2v) is 7.73. The Hall–Kier alpha value is -1.21. The summed E-state index contributed by atoms with van der Waals surface area (Å²) in [4.78, 5) is 0. The molecule has 5 nitrogen and oxygen atoms in total. The Kier molecular flexibility index (Phi) is 7.04. The Labute approximate surface area is 154 Å². The third-order valence-electron chi connectivity index (χ3n) is 4.93. The van der Waals surface area contributed by atoms with Crippen molar-refractivity contribution in [1.29, 1.82) is 0 Å². The molecule has 4 N–H and O–H groups in total. The lowest BCUT2D eigenvalue weighted by Crippen LogP contribution is -2.86. The maximum atomic E-state index is 10.2. The summed E-state index contributed by atoms with van der Waals surface area (Å²) in [7, 11) is 1.66. The van der Waals surface area contributed by atoms with E-state index in [9.17, 15) is 5.11 Å². The third-order valence-corrected chi connectivity index (χ3v) is 5.79. The average molecular weight is 364 g/mol. The zero-order valence-electron chi connectivity index (χ0n) is 14.9. The van der Waals surface area contributed by atoms with Crippen molar-refractivity contribution in [3.05, 3.63) is 40.6 Å². The van der Waals surface area contributed by atoms with E-state index in [4.69, 9.17) is 4.74 Å². The largest absolute Gasteiger partial charge is 0.660 e. The molecule has 0 saturated carbocycles. The topological polar surface area (TPSA) is 72.2 Å². The number of benzene rings is 1. The molecule has 2 heterocycles. The van der Waals surface area contributed by atoms with Crippen LogP contribution in [0.4, 0.5) is 0 Å². The van der Waals surface area contributed by atoms with Crippen molar-refractivity contribution in [2.45, 2.75) is 43.8 Å². The summed E-state index contributed by atoms with van der Waals surface area (Å²) >= 11 is 1.61. The number of methoxy groups -OCH3 is 1. The molecule has 0 spiro atoms. The zero-order valence-corrected chi connectivity index (χ0v) is 15.7. The van der Waals surface area contributed by atoms with E-state index < -0.39 is 6.23 Å². The van der Waals surface area contributed by atoms with Crippen LogP contribution in [0.5, 0.6) is 5.75 Å². The summed E-state index contributed by atoms with van der Waals surface area (Å²) in [5, 5.41) is 22.5. The Balaban J connectivity index is 1.36. The van der Waals surface area contributed by atoms with Crippen molar-refractivity contribution in [2.24, 2.45) is 5.92 Å². The molecule has 0 aromatic heterocycles. The van der Waals surface area contributed by atoms with E-state index in [2.05, 4.69) is 16.0 Å². The highest BCUT2D eigenvalue weighted by Crippen LogP contribution is 2.37. The van der Waals surface area contributed by atoms with Gasteiger partial charge in [-0.05, 0) is 66.6 Å². The number of hydrogen-bond acceptors (Lipinski definition) is 4. The summed E-state index contributed by atoms with van der Waals surface area (Å²) in [6, 6.07) is 7.90. The highest BCUT2D eigenvalue weighted by atomic mass is 32.2. The molecular formula is C19H29N3O2S. The lowest BCUT2D eigenvalue weighted by Gasteiger charge is -2.30. The fourth-order valence-corrected chi connectivity index (χ4v) is 4.29. The smallest absolute Gasteiger partial charge is 0.118 e. The third kappa shape index (κ3) is 5.64. The number of rotatable bonds is 8. The molecule has 3 rings (SSSR count). The Morgan fingerprint density at radius 3 is 2.80 bits per heavy atom. The normalized spacial score (nSPS) is 22.3. The van der Waals surface area contributed by atoms with Crippen molar-refractivity contribution < 1.29 is 15.2 Å². The quantitative estimate of drug-likeness (QED) is 0.621. The fourth-order valence-electron chi connectivity index (χ4n) is 3.43. The second-order valence-electron chi connectivity index (χ2n) is 6.77. The van der Waals surface area contributed by atoms with Crippen molar-refractivity contribution >= 4 is 17.5 Å². The molecule has 2 aliphatic heterocycles. The van der Waals surface area contributed by atoms with Crippen LogP contribution in [0.3, 0.4) is 0 Å². The number of aliphatic hydroxyl groups is 1. The summed E-state index contributed by atoms with van der Waals surface area (Å²) < 4.78 is 5.18. The standard InChI is InChI=1S/C19H28N3O2S/c1-24-16-7-5-15(6-8-16)17-13-25-19(21-17)22-18(23)4-2-3-14-9-11-20-12-10-14/h5-8,13-14,18-20,22-23H,2-4,9-12H2,1H3/q-1/p+1. The van der Waals surface area contributed by atoms with Crippen molar-refractivity contribution in [2.75, 3.05) is 20.2 Å². The van der Waals surface area contributed by atoms with Crippen molar-refractivity contribution in [3.8, 4) is 5.75 Å². The highest BCUT2D eigenvalue weighted by Gasteiger charge is 2.16. The number of aliphatic hydroxyl groups excluding tert-OH is 1. The predicted octanol–water partition coefficient (Wildman–Crippen LogP) is 2.45. The molecular weight excluding hydrogens is 334 g/mol. The van der Waals surface area contributed by atoms with Crippen molar-refractivity contribution in [1.82, 2.24) is 5.32 Å². The van der Waals surface area contributed by atoms with Crippen LogP contribution in [-0.4, -0.2) is 37.0 Å². The molecule has 1 aromatic rings. The number of ether oxygens (including phenoxy) is 1. The molecule has 0 amide bonds. The van der Waals surface area contributed by atoms with Crippen LogP contribution in [-0.2, 0) is 0 Å². The van der Waals surface area contributed by atoms with E-state index in [1.165, 1.54) is 32.4 Å². The molecule has 0 bridgehead atoms. The van der Waals surface area contributed by atoms with Gasteiger partial charge in [-0.2, -0.15) is 0 Å². The van der Waals surface area contributed by atoms with Crippen LogP contribution < -0.4 is 15.4 Å². The van der Waals surface area contributed by atoms with E-state index in [-0.39, 0.29) is 5.50 Å². The lowest BCUT2D eigenvalue weighted by molar-refractivity contribution is -0.664. The van der Waals surface area contributed by atoms with Gasteiger partial charge in [0.05, 0.1) is 20.2 Å². The summed E-state index contributed by atoms with van der Waals surface area (Å²) in [5.41, 5.74) is 1.92. The SMILES string of the molecule is COc1ccc(C2=CSC(NC(O)CCCC3CC[NH2+]CC3)[N-]2)cc1. The second kappa shape index (κ2) is 9.48. The van der Waals surface area contributed by atoms with E-state index in [0.29, 0.717) is 0 Å². The summed E-state index contributed by atoms with van der Waals surface area (Å²) in [6.45, 7) is 2.53. The van der Waals surface area contributed by atoms with Gasteiger partial charge in [-0.3, -0.25) is 5.32 Å².